The van der Waals surface area contributed by atoms with Crippen LogP contribution in [0.4, 0.5) is 0 Å². The fourth-order valence-electron chi connectivity index (χ4n) is 1.87. The van der Waals surface area contributed by atoms with E-state index in [1.807, 2.05) is 6.92 Å². The molecule has 0 radical (unpaired) electrons. The molecule has 0 fully saturated rings. The monoisotopic (exact) mass is 251 g/mol. The molecule has 100 valence electrons. The molecule has 0 bridgehead atoms. The Morgan fingerprint density at radius 3 is 2.72 bits per heavy atom. The van der Waals surface area contributed by atoms with E-state index in [2.05, 4.69) is 5.32 Å². The van der Waals surface area contributed by atoms with Crippen LogP contribution in [0.1, 0.15) is 35.7 Å². The Morgan fingerprint density at radius 1 is 1.44 bits per heavy atom. The highest BCUT2D eigenvalue weighted by Gasteiger charge is 2.11. The molecule has 0 spiro atoms. The van der Waals surface area contributed by atoms with E-state index in [0.717, 1.165) is 12.0 Å². The molecular formula is C14H21NO3. The van der Waals surface area contributed by atoms with Crippen LogP contribution in [0.25, 0.3) is 0 Å². The van der Waals surface area contributed by atoms with Gasteiger partial charge in [-0.3, -0.25) is 4.79 Å². The van der Waals surface area contributed by atoms with Gasteiger partial charge in [0.25, 0.3) is 5.91 Å². The van der Waals surface area contributed by atoms with Crippen LogP contribution in [0.15, 0.2) is 18.2 Å². The standard InChI is InChI=1S/C14H21NO3/c1-3-11(6-7-16)9-15-14(18)13-5-4-12(17)8-10(13)2/h4-5,8,11,16-17H,3,6-7,9H2,1-2H3,(H,15,18). The number of carbonyl (C=O) groups excluding carboxylic acids is 1. The summed E-state index contributed by atoms with van der Waals surface area (Å²) in [6.07, 6.45) is 1.63. The first kappa shape index (κ1) is 14.5. The Morgan fingerprint density at radius 2 is 2.17 bits per heavy atom. The summed E-state index contributed by atoms with van der Waals surface area (Å²) in [5, 5.41) is 21.0. The molecule has 0 saturated heterocycles. The maximum Gasteiger partial charge on any atom is 0.251 e. The zero-order chi connectivity index (χ0) is 13.5. The molecule has 0 heterocycles. The number of benzene rings is 1. The summed E-state index contributed by atoms with van der Waals surface area (Å²) in [6, 6.07) is 4.69. The third-order valence-electron chi connectivity index (χ3n) is 3.12. The Hall–Kier alpha value is -1.55. The maximum atomic E-state index is 11.9. The molecule has 0 aliphatic rings. The molecule has 0 aliphatic heterocycles. The molecule has 4 heteroatoms. The van der Waals surface area contributed by atoms with E-state index in [0.29, 0.717) is 24.4 Å². The lowest BCUT2D eigenvalue weighted by molar-refractivity contribution is 0.0943. The topological polar surface area (TPSA) is 69.6 Å². The number of aromatic hydroxyl groups is 1. The number of carbonyl (C=O) groups is 1. The van der Waals surface area contributed by atoms with Crippen LogP contribution in [0, 0.1) is 12.8 Å². The molecular weight excluding hydrogens is 230 g/mol. The summed E-state index contributed by atoms with van der Waals surface area (Å²) in [4.78, 5) is 11.9. The number of amides is 1. The van der Waals surface area contributed by atoms with E-state index < -0.39 is 0 Å². The lowest BCUT2D eigenvalue weighted by atomic mass is 10.0. The normalized spacial score (nSPS) is 12.2. The van der Waals surface area contributed by atoms with Gasteiger partial charge in [-0.1, -0.05) is 13.3 Å². The van der Waals surface area contributed by atoms with Crippen LogP contribution in [-0.2, 0) is 0 Å². The van der Waals surface area contributed by atoms with Crippen molar-refractivity contribution >= 4 is 5.91 Å². The van der Waals surface area contributed by atoms with Crippen molar-refractivity contribution in [3.8, 4) is 5.75 Å². The molecule has 1 amide bonds. The van der Waals surface area contributed by atoms with Crippen LogP contribution >= 0.6 is 0 Å². The first-order valence-corrected chi connectivity index (χ1v) is 6.27. The predicted octanol–water partition coefficient (Wildman–Crippen LogP) is 1.84. The van der Waals surface area contributed by atoms with E-state index in [4.69, 9.17) is 5.11 Å². The van der Waals surface area contributed by atoms with Gasteiger partial charge in [-0.25, -0.2) is 0 Å². The van der Waals surface area contributed by atoms with Crippen molar-refractivity contribution in [1.82, 2.24) is 5.32 Å². The first-order chi connectivity index (χ1) is 8.58. The first-order valence-electron chi connectivity index (χ1n) is 6.27. The van der Waals surface area contributed by atoms with Gasteiger partial charge < -0.3 is 15.5 Å². The van der Waals surface area contributed by atoms with Gasteiger partial charge in [0, 0.05) is 18.7 Å². The largest absolute Gasteiger partial charge is 0.508 e. The maximum absolute atomic E-state index is 11.9. The number of rotatable bonds is 6. The number of phenolic OH excluding ortho intramolecular Hbond substituents is 1. The lowest BCUT2D eigenvalue weighted by Crippen LogP contribution is -2.30. The van der Waals surface area contributed by atoms with Gasteiger partial charge in [0.2, 0.25) is 0 Å². The molecule has 1 unspecified atom stereocenters. The van der Waals surface area contributed by atoms with Crippen LogP contribution in [0.2, 0.25) is 0 Å². The lowest BCUT2D eigenvalue weighted by Gasteiger charge is -2.15. The summed E-state index contributed by atoms with van der Waals surface area (Å²) >= 11 is 0. The Kier molecular flexibility index (Phi) is 5.65. The van der Waals surface area contributed by atoms with Crippen molar-refractivity contribution in [3.63, 3.8) is 0 Å². The SMILES string of the molecule is CCC(CCO)CNC(=O)c1ccc(O)cc1C. The number of phenols is 1. The zero-order valence-electron chi connectivity index (χ0n) is 10.9. The van der Waals surface area contributed by atoms with Gasteiger partial charge in [0.15, 0.2) is 0 Å². The Balaban J connectivity index is 2.59. The molecule has 3 N–H and O–H groups in total. The van der Waals surface area contributed by atoms with Gasteiger partial charge in [0.1, 0.15) is 5.75 Å². The molecule has 0 aliphatic carbocycles. The van der Waals surface area contributed by atoms with Gasteiger partial charge in [-0.2, -0.15) is 0 Å². The molecule has 18 heavy (non-hydrogen) atoms. The molecule has 1 atom stereocenters. The Labute approximate surface area is 108 Å². The summed E-state index contributed by atoms with van der Waals surface area (Å²) < 4.78 is 0. The van der Waals surface area contributed by atoms with Crippen molar-refractivity contribution in [2.24, 2.45) is 5.92 Å². The highest BCUT2D eigenvalue weighted by Crippen LogP contribution is 2.15. The fourth-order valence-corrected chi connectivity index (χ4v) is 1.87. The molecule has 0 aromatic heterocycles. The van der Waals surface area contributed by atoms with Crippen LogP contribution in [0.5, 0.6) is 5.75 Å². The summed E-state index contributed by atoms with van der Waals surface area (Å²) in [5.41, 5.74) is 1.33. The van der Waals surface area contributed by atoms with E-state index in [1.54, 1.807) is 19.1 Å². The van der Waals surface area contributed by atoms with Crippen molar-refractivity contribution in [2.45, 2.75) is 26.7 Å². The average Bonchev–Trinajstić information content (AvgIpc) is 2.34. The van der Waals surface area contributed by atoms with Crippen molar-refractivity contribution in [3.05, 3.63) is 29.3 Å². The number of aryl methyl sites for hydroxylation is 1. The van der Waals surface area contributed by atoms with E-state index in [-0.39, 0.29) is 18.3 Å². The fraction of sp³-hybridized carbons (Fsp3) is 0.500. The molecule has 1 aromatic carbocycles. The van der Waals surface area contributed by atoms with Crippen LogP contribution < -0.4 is 5.32 Å². The third kappa shape index (κ3) is 4.04. The zero-order valence-corrected chi connectivity index (χ0v) is 10.9. The Bertz CT molecular complexity index is 404. The second kappa shape index (κ2) is 7.01. The highest BCUT2D eigenvalue weighted by molar-refractivity contribution is 5.95. The highest BCUT2D eigenvalue weighted by atomic mass is 16.3. The van der Waals surface area contributed by atoms with Gasteiger partial charge in [-0.15, -0.1) is 0 Å². The van der Waals surface area contributed by atoms with Crippen molar-refractivity contribution in [1.29, 1.82) is 0 Å². The van der Waals surface area contributed by atoms with Crippen LogP contribution in [-0.4, -0.2) is 29.3 Å². The summed E-state index contributed by atoms with van der Waals surface area (Å²) in [5.74, 6) is 0.330. The van der Waals surface area contributed by atoms with E-state index >= 15 is 0 Å². The quantitative estimate of drug-likeness (QED) is 0.722. The minimum absolute atomic E-state index is 0.135. The third-order valence-corrected chi connectivity index (χ3v) is 3.12. The second-order valence-corrected chi connectivity index (χ2v) is 4.50. The smallest absolute Gasteiger partial charge is 0.251 e. The van der Waals surface area contributed by atoms with Crippen molar-refractivity contribution < 1.29 is 15.0 Å². The predicted molar refractivity (Wildman–Crippen MR) is 70.7 cm³/mol. The average molecular weight is 251 g/mol. The van der Waals surface area contributed by atoms with Crippen LogP contribution in [0.3, 0.4) is 0 Å². The van der Waals surface area contributed by atoms with Crippen molar-refractivity contribution in [2.75, 3.05) is 13.2 Å². The number of hydrogen-bond donors (Lipinski definition) is 3. The molecule has 4 nitrogen and oxygen atoms in total. The summed E-state index contributed by atoms with van der Waals surface area (Å²) in [7, 11) is 0. The second-order valence-electron chi connectivity index (χ2n) is 4.50. The molecule has 1 rings (SSSR count). The van der Waals surface area contributed by atoms with Gasteiger partial charge in [0.05, 0.1) is 0 Å². The van der Waals surface area contributed by atoms with Gasteiger partial charge in [-0.05, 0) is 43.0 Å². The minimum atomic E-state index is -0.135. The molecule has 1 aromatic rings. The van der Waals surface area contributed by atoms with E-state index in [9.17, 15) is 9.90 Å². The summed E-state index contributed by atoms with van der Waals surface area (Å²) in [6.45, 7) is 4.54. The van der Waals surface area contributed by atoms with E-state index in [1.165, 1.54) is 6.07 Å². The minimum Gasteiger partial charge on any atom is -0.508 e. The van der Waals surface area contributed by atoms with Gasteiger partial charge >= 0.3 is 0 Å². The number of aliphatic hydroxyl groups is 1. The molecule has 0 saturated carbocycles. The number of aliphatic hydroxyl groups excluding tert-OH is 1. The number of hydrogen-bond acceptors (Lipinski definition) is 3. The number of nitrogens with one attached hydrogen (secondary N) is 1.